The lowest BCUT2D eigenvalue weighted by molar-refractivity contribution is -0.0128. The van der Waals surface area contributed by atoms with E-state index in [4.69, 9.17) is 11.6 Å². The molecule has 3 heteroatoms. The highest BCUT2D eigenvalue weighted by molar-refractivity contribution is 6.30. The Morgan fingerprint density at radius 2 is 2.05 bits per heavy atom. The predicted octanol–water partition coefficient (Wildman–Crippen LogP) is 4.84. The smallest absolute Gasteiger partial charge is 0.127 e. The molecule has 0 saturated heterocycles. The lowest BCUT2D eigenvalue weighted by Gasteiger charge is -2.42. The third-order valence-corrected chi connectivity index (χ3v) is 4.98. The Hall–Kier alpha value is -0.600. The van der Waals surface area contributed by atoms with Gasteiger partial charge in [-0.1, -0.05) is 44.9 Å². The number of benzene rings is 1. The maximum Gasteiger partial charge on any atom is 0.127 e. The fourth-order valence-electron chi connectivity index (χ4n) is 3.55. The molecule has 1 nitrogen and oxygen atoms in total. The van der Waals surface area contributed by atoms with Crippen LogP contribution in [-0.4, -0.2) is 11.2 Å². The third-order valence-electron chi connectivity index (χ3n) is 4.74. The van der Waals surface area contributed by atoms with E-state index in [2.05, 4.69) is 20.8 Å². The molecule has 1 aromatic rings. The molecule has 1 aromatic carbocycles. The first-order valence-electron chi connectivity index (χ1n) is 7.41. The molecule has 1 aliphatic rings. The second kappa shape index (κ2) is 6.03. The van der Waals surface area contributed by atoms with Gasteiger partial charge in [-0.25, -0.2) is 4.39 Å². The Labute approximate surface area is 126 Å². The Kier molecular flexibility index (Phi) is 4.76. The maximum absolute atomic E-state index is 14.0. The highest BCUT2D eigenvalue weighted by Crippen LogP contribution is 2.42. The summed E-state index contributed by atoms with van der Waals surface area (Å²) < 4.78 is 14.0. The van der Waals surface area contributed by atoms with Crippen LogP contribution < -0.4 is 0 Å². The molecular formula is C17H24ClFO. The molecule has 1 N–H and O–H groups in total. The Bertz CT molecular complexity index is 472. The molecule has 0 heterocycles. The number of hydrogen-bond donors (Lipinski definition) is 1. The Balaban J connectivity index is 2.14. The van der Waals surface area contributed by atoms with Crippen LogP contribution in [0.25, 0.3) is 0 Å². The number of halogens is 2. The molecule has 0 radical (unpaired) electrons. The zero-order valence-electron chi connectivity index (χ0n) is 12.5. The van der Waals surface area contributed by atoms with Crippen molar-refractivity contribution in [3.8, 4) is 0 Å². The Morgan fingerprint density at radius 3 is 2.65 bits per heavy atom. The highest BCUT2D eigenvalue weighted by Gasteiger charge is 2.38. The van der Waals surface area contributed by atoms with Gasteiger partial charge in [-0.05, 0) is 54.2 Å². The summed E-state index contributed by atoms with van der Waals surface area (Å²) in [7, 11) is 0. The van der Waals surface area contributed by atoms with Crippen LogP contribution in [0.2, 0.25) is 5.02 Å². The van der Waals surface area contributed by atoms with Crippen molar-refractivity contribution in [2.45, 2.75) is 52.6 Å². The first-order chi connectivity index (χ1) is 9.29. The van der Waals surface area contributed by atoms with Gasteiger partial charge in [-0.15, -0.1) is 0 Å². The standard InChI is InChI=1S/C17H24ClFO/c1-11-4-7-14(16(20)8-11)17(2,3)10-12-5-6-13(18)9-15(12)19/h5-6,9,11,14,16,20H,4,7-8,10H2,1-3H3. The van der Waals surface area contributed by atoms with Crippen molar-refractivity contribution < 1.29 is 9.50 Å². The first kappa shape index (κ1) is 15.8. The molecule has 0 aromatic heterocycles. The topological polar surface area (TPSA) is 20.2 Å². The quantitative estimate of drug-likeness (QED) is 0.846. The van der Waals surface area contributed by atoms with E-state index in [0.29, 0.717) is 22.9 Å². The molecule has 0 aliphatic heterocycles. The molecule has 0 spiro atoms. The zero-order valence-corrected chi connectivity index (χ0v) is 13.3. The third kappa shape index (κ3) is 3.53. The van der Waals surface area contributed by atoms with Gasteiger partial charge in [0.05, 0.1) is 6.10 Å². The van der Waals surface area contributed by atoms with Crippen molar-refractivity contribution in [3.05, 3.63) is 34.6 Å². The van der Waals surface area contributed by atoms with Crippen LogP contribution in [0.1, 0.15) is 45.6 Å². The van der Waals surface area contributed by atoms with Crippen molar-refractivity contribution >= 4 is 11.6 Å². The van der Waals surface area contributed by atoms with Crippen LogP contribution in [0.4, 0.5) is 4.39 Å². The zero-order chi connectivity index (χ0) is 14.9. The normalized spacial score (nSPS) is 27.6. The van der Waals surface area contributed by atoms with Crippen LogP contribution in [0, 0.1) is 23.1 Å². The summed E-state index contributed by atoms with van der Waals surface area (Å²) in [6, 6.07) is 4.86. The van der Waals surface area contributed by atoms with Gasteiger partial charge in [-0.3, -0.25) is 0 Å². The van der Waals surface area contributed by atoms with E-state index in [1.165, 1.54) is 6.07 Å². The largest absolute Gasteiger partial charge is 0.393 e. The number of rotatable bonds is 3. The average Bonchev–Trinajstić information content (AvgIpc) is 2.32. The molecule has 0 amide bonds. The number of aliphatic hydroxyl groups is 1. The first-order valence-corrected chi connectivity index (χ1v) is 7.79. The predicted molar refractivity (Wildman–Crippen MR) is 81.4 cm³/mol. The summed E-state index contributed by atoms with van der Waals surface area (Å²) in [6.45, 7) is 6.45. The summed E-state index contributed by atoms with van der Waals surface area (Å²) in [5.41, 5.74) is 0.569. The van der Waals surface area contributed by atoms with Gasteiger partial charge in [0, 0.05) is 5.02 Å². The molecular weight excluding hydrogens is 275 g/mol. The van der Waals surface area contributed by atoms with Crippen molar-refractivity contribution in [1.82, 2.24) is 0 Å². The molecule has 1 aliphatic carbocycles. The molecule has 2 rings (SSSR count). The highest BCUT2D eigenvalue weighted by atomic mass is 35.5. The van der Waals surface area contributed by atoms with Crippen molar-refractivity contribution in [2.24, 2.45) is 17.3 Å². The van der Waals surface area contributed by atoms with Crippen molar-refractivity contribution in [2.75, 3.05) is 0 Å². The molecule has 112 valence electrons. The minimum absolute atomic E-state index is 0.117. The van der Waals surface area contributed by atoms with Gasteiger partial charge in [0.2, 0.25) is 0 Å². The SMILES string of the molecule is CC1CCC(C(C)(C)Cc2ccc(Cl)cc2F)C(O)C1. The van der Waals surface area contributed by atoms with Crippen molar-refractivity contribution in [1.29, 1.82) is 0 Å². The summed E-state index contributed by atoms with van der Waals surface area (Å²) in [6.07, 6.45) is 3.38. The lowest BCUT2D eigenvalue weighted by Crippen LogP contribution is -2.39. The van der Waals surface area contributed by atoms with Crippen LogP contribution in [0.3, 0.4) is 0 Å². The second-order valence-corrected chi connectivity index (χ2v) is 7.43. The van der Waals surface area contributed by atoms with E-state index in [-0.39, 0.29) is 23.3 Å². The van der Waals surface area contributed by atoms with Gasteiger partial charge in [0.1, 0.15) is 5.82 Å². The minimum Gasteiger partial charge on any atom is -0.393 e. The summed E-state index contributed by atoms with van der Waals surface area (Å²) in [4.78, 5) is 0. The van der Waals surface area contributed by atoms with E-state index >= 15 is 0 Å². The second-order valence-electron chi connectivity index (χ2n) is 6.99. The molecule has 0 bridgehead atoms. The summed E-state index contributed by atoms with van der Waals surface area (Å²) in [5.74, 6) is 0.572. The minimum atomic E-state index is -0.274. The monoisotopic (exact) mass is 298 g/mol. The summed E-state index contributed by atoms with van der Waals surface area (Å²) >= 11 is 5.80. The van der Waals surface area contributed by atoms with Gasteiger partial charge in [-0.2, -0.15) is 0 Å². The molecule has 20 heavy (non-hydrogen) atoms. The lowest BCUT2D eigenvalue weighted by atomic mass is 9.65. The van der Waals surface area contributed by atoms with Gasteiger partial charge in [0.25, 0.3) is 0 Å². The van der Waals surface area contributed by atoms with E-state index < -0.39 is 0 Å². The fourth-order valence-corrected chi connectivity index (χ4v) is 3.71. The molecule has 1 saturated carbocycles. The maximum atomic E-state index is 14.0. The Morgan fingerprint density at radius 1 is 1.35 bits per heavy atom. The molecule has 1 fully saturated rings. The van der Waals surface area contributed by atoms with Crippen LogP contribution in [0.5, 0.6) is 0 Å². The molecule has 3 unspecified atom stereocenters. The van der Waals surface area contributed by atoms with Crippen molar-refractivity contribution in [3.63, 3.8) is 0 Å². The van der Waals surface area contributed by atoms with Gasteiger partial charge >= 0.3 is 0 Å². The van der Waals surface area contributed by atoms with Gasteiger partial charge in [0.15, 0.2) is 0 Å². The number of aliphatic hydroxyl groups excluding tert-OH is 1. The summed E-state index contributed by atoms with van der Waals surface area (Å²) in [5, 5.41) is 10.8. The van der Waals surface area contributed by atoms with Gasteiger partial charge < -0.3 is 5.11 Å². The van der Waals surface area contributed by atoms with E-state index in [1.807, 2.05) is 0 Å². The van der Waals surface area contributed by atoms with Crippen LogP contribution >= 0.6 is 11.6 Å². The van der Waals surface area contributed by atoms with E-state index in [1.54, 1.807) is 12.1 Å². The van der Waals surface area contributed by atoms with E-state index in [9.17, 15) is 9.50 Å². The fraction of sp³-hybridized carbons (Fsp3) is 0.647. The van der Waals surface area contributed by atoms with Crippen LogP contribution in [-0.2, 0) is 6.42 Å². The number of hydrogen-bond acceptors (Lipinski definition) is 1. The molecule has 3 atom stereocenters. The average molecular weight is 299 g/mol. The van der Waals surface area contributed by atoms with E-state index in [0.717, 1.165) is 19.3 Å². The van der Waals surface area contributed by atoms with Crippen LogP contribution in [0.15, 0.2) is 18.2 Å².